The number of carbonyl (C=O) groups is 1. The van der Waals surface area contributed by atoms with Gasteiger partial charge >= 0.3 is 5.97 Å². The highest BCUT2D eigenvalue weighted by molar-refractivity contribution is 7.17. The monoisotopic (exact) mass is 374 g/mol. The standard InChI is InChI=1S/C20H26N2O3S/c1-7-24-15-11-9-8-10-14(12-13-15)17-21-16(18(26-17)22(5)6)19(23)25-20(2,3)4/h10,12-13,15H,7-8H2,1-6H3/b13-12-,14-10+. The molecule has 1 aliphatic carbocycles. The predicted octanol–water partition coefficient (Wildman–Crippen LogP) is 3.92. The van der Waals surface area contributed by atoms with Gasteiger partial charge in [-0.1, -0.05) is 35.3 Å². The summed E-state index contributed by atoms with van der Waals surface area (Å²) in [6, 6.07) is 0. The van der Waals surface area contributed by atoms with Crippen LogP contribution in [0.4, 0.5) is 5.00 Å². The molecule has 1 unspecified atom stereocenters. The Bertz CT molecular complexity index is 773. The minimum atomic E-state index is -0.565. The van der Waals surface area contributed by atoms with Crippen LogP contribution in [0, 0.1) is 11.8 Å². The Labute approximate surface area is 159 Å². The predicted molar refractivity (Wildman–Crippen MR) is 107 cm³/mol. The lowest BCUT2D eigenvalue weighted by Crippen LogP contribution is -2.25. The van der Waals surface area contributed by atoms with Crippen LogP contribution < -0.4 is 4.90 Å². The van der Waals surface area contributed by atoms with Gasteiger partial charge in [0.25, 0.3) is 0 Å². The molecule has 0 amide bonds. The van der Waals surface area contributed by atoms with Crippen molar-refractivity contribution in [3.05, 3.63) is 28.9 Å². The molecule has 0 aromatic carbocycles. The summed E-state index contributed by atoms with van der Waals surface area (Å²) >= 11 is 1.46. The number of aromatic nitrogens is 1. The van der Waals surface area contributed by atoms with E-state index >= 15 is 0 Å². The molecule has 5 nitrogen and oxygen atoms in total. The third-order valence-corrected chi connectivity index (χ3v) is 4.59. The van der Waals surface area contributed by atoms with Crippen molar-refractivity contribution in [3.63, 3.8) is 0 Å². The highest BCUT2D eigenvalue weighted by Crippen LogP contribution is 2.33. The zero-order valence-electron chi connectivity index (χ0n) is 16.3. The summed E-state index contributed by atoms with van der Waals surface area (Å²) in [6.07, 6.45) is 6.30. The number of hydrogen-bond acceptors (Lipinski definition) is 6. The Morgan fingerprint density at radius 3 is 2.77 bits per heavy atom. The molecular weight excluding hydrogens is 348 g/mol. The zero-order chi connectivity index (χ0) is 19.3. The average Bonchev–Trinajstić information content (AvgIpc) is 2.94. The van der Waals surface area contributed by atoms with Crippen molar-refractivity contribution >= 4 is 27.9 Å². The molecule has 6 heteroatoms. The van der Waals surface area contributed by atoms with E-state index < -0.39 is 11.6 Å². The van der Waals surface area contributed by atoms with Crippen LogP contribution in [-0.2, 0) is 9.47 Å². The smallest absolute Gasteiger partial charge is 0.360 e. The number of ether oxygens (including phenoxy) is 2. The quantitative estimate of drug-likeness (QED) is 0.578. The van der Waals surface area contributed by atoms with Crippen LogP contribution in [0.2, 0.25) is 0 Å². The molecule has 0 radical (unpaired) electrons. The molecule has 1 heterocycles. The van der Waals surface area contributed by atoms with Gasteiger partial charge < -0.3 is 14.4 Å². The van der Waals surface area contributed by atoms with Gasteiger partial charge in [0.05, 0.1) is 0 Å². The second-order valence-electron chi connectivity index (χ2n) is 6.99. The molecule has 0 aliphatic heterocycles. The van der Waals surface area contributed by atoms with E-state index in [1.54, 1.807) is 0 Å². The number of nitrogens with zero attached hydrogens (tertiary/aromatic N) is 2. The molecule has 140 valence electrons. The van der Waals surface area contributed by atoms with Gasteiger partial charge in [-0.2, -0.15) is 0 Å². The summed E-state index contributed by atoms with van der Waals surface area (Å²) in [6.45, 7) is 8.09. The van der Waals surface area contributed by atoms with Crippen LogP contribution in [0.3, 0.4) is 0 Å². The van der Waals surface area contributed by atoms with Crippen LogP contribution in [-0.4, -0.2) is 43.4 Å². The molecule has 1 aliphatic rings. The largest absolute Gasteiger partial charge is 0.455 e. The summed E-state index contributed by atoms with van der Waals surface area (Å²) in [5.41, 5.74) is 0.713. The topological polar surface area (TPSA) is 51.7 Å². The third kappa shape index (κ3) is 5.45. The Kier molecular flexibility index (Phi) is 6.63. The van der Waals surface area contributed by atoms with Crippen molar-refractivity contribution in [3.8, 4) is 11.8 Å². The maximum atomic E-state index is 12.6. The van der Waals surface area contributed by atoms with E-state index in [0.717, 1.165) is 15.6 Å². The summed E-state index contributed by atoms with van der Waals surface area (Å²) in [7, 11) is 3.79. The normalized spacial score (nSPS) is 20.1. The van der Waals surface area contributed by atoms with Crippen LogP contribution in [0.25, 0.3) is 5.57 Å². The summed E-state index contributed by atoms with van der Waals surface area (Å²) in [5, 5.41) is 1.54. The summed E-state index contributed by atoms with van der Waals surface area (Å²) in [5.74, 6) is 5.75. The van der Waals surface area contributed by atoms with Crippen molar-refractivity contribution in [2.45, 2.75) is 45.8 Å². The molecular formula is C20H26N2O3S. The second kappa shape index (κ2) is 8.52. The fraction of sp³-hybridized carbons (Fsp3) is 0.500. The Balaban J connectivity index is 2.36. The van der Waals surface area contributed by atoms with Gasteiger partial charge in [-0.15, -0.1) is 0 Å². The molecule has 0 saturated carbocycles. The van der Waals surface area contributed by atoms with Crippen molar-refractivity contribution < 1.29 is 14.3 Å². The van der Waals surface area contributed by atoms with Crippen molar-refractivity contribution in [2.75, 3.05) is 25.6 Å². The highest BCUT2D eigenvalue weighted by atomic mass is 32.1. The van der Waals surface area contributed by atoms with E-state index in [1.165, 1.54) is 11.3 Å². The summed E-state index contributed by atoms with van der Waals surface area (Å²) in [4.78, 5) is 19.0. The van der Waals surface area contributed by atoms with Gasteiger partial charge in [-0.3, -0.25) is 0 Å². The van der Waals surface area contributed by atoms with E-state index in [-0.39, 0.29) is 6.10 Å². The first kappa shape index (κ1) is 20.2. The molecule has 0 bridgehead atoms. The van der Waals surface area contributed by atoms with Gasteiger partial charge in [0.1, 0.15) is 21.7 Å². The van der Waals surface area contributed by atoms with Gasteiger partial charge in [0.15, 0.2) is 5.69 Å². The Morgan fingerprint density at radius 1 is 1.42 bits per heavy atom. The third-order valence-electron chi connectivity index (χ3n) is 3.32. The van der Waals surface area contributed by atoms with Gasteiger partial charge in [0, 0.05) is 32.7 Å². The Hall–Kier alpha value is -2.10. The summed E-state index contributed by atoms with van der Waals surface area (Å²) < 4.78 is 11.1. The maximum Gasteiger partial charge on any atom is 0.360 e. The van der Waals surface area contributed by atoms with Crippen LogP contribution in [0.15, 0.2) is 18.2 Å². The van der Waals surface area contributed by atoms with E-state index in [4.69, 9.17) is 9.47 Å². The van der Waals surface area contributed by atoms with Crippen LogP contribution in [0.1, 0.15) is 49.6 Å². The maximum absolute atomic E-state index is 12.6. The number of anilines is 1. The first-order chi connectivity index (χ1) is 12.2. The lowest BCUT2D eigenvalue weighted by molar-refractivity contribution is 0.00644. The van der Waals surface area contributed by atoms with Crippen molar-refractivity contribution in [1.29, 1.82) is 0 Å². The number of thiazole rings is 1. The van der Waals surface area contributed by atoms with Crippen LogP contribution >= 0.6 is 11.3 Å². The van der Waals surface area contributed by atoms with E-state index in [9.17, 15) is 4.79 Å². The molecule has 26 heavy (non-hydrogen) atoms. The number of carbonyl (C=O) groups excluding carboxylic acids is 1. The van der Waals surface area contributed by atoms with Crippen molar-refractivity contribution in [1.82, 2.24) is 4.98 Å². The van der Waals surface area contributed by atoms with E-state index in [0.29, 0.717) is 18.7 Å². The molecule has 0 N–H and O–H groups in total. The molecule has 0 fully saturated rings. The van der Waals surface area contributed by atoms with E-state index in [2.05, 4.69) is 16.8 Å². The zero-order valence-corrected chi connectivity index (χ0v) is 17.1. The molecule has 1 aromatic rings. The average molecular weight is 375 g/mol. The Morgan fingerprint density at radius 2 is 2.15 bits per heavy atom. The first-order valence-electron chi connectivity index (χ1n) is 8.61. The fourth-order valence-electron chi connectivity index (χ4n) is 2.26. The van der Waals surface area contributed by atoms with E-state index in [1.807, 2.05) is 64.9 Å². The van der Waals surface area contributed by atoms with Gasteiger partial charge in [-0.05, 0) is 33.8 Å². The van der Waals surface area contributed by atoms with Gasteiger partial charge in [-0.25, -0.2) is 9.78 Å². The van der Waals surface area contributed by atoms with Crippen LogP contribution in [0.5, 0.6) is 0 Å². The number of esters is 1. The lowest BCUT2D eigenvalue weighted by Gasteiger charge is -2.19. The lowest BCUT2D eigenvalue weighted by atomic mass is 10.1. The number of allylic oxidation sites excluding steroid dienone is 3. The first-order valence-corrected chi connectivity index (χ1v) is 9.43. The molecule has 1 atom stereocenters. The minimum Gasteiger partial charge on any atom is -0.455 e. The highest BCUT2D eigenvalue weighted by Gasteiger charge is 2.26. The SMILES string of the molecule is CCOC1C#CC/C=C(c2nc(C(=O)OC(C)(C)C)c(N(C)C)s2)\C=C/1. The number of rotatable bonds is 5. The van der Waals surface area contributed by atoms with Gasteiger partial charge in [0.2, 0.25) is 0 Å². The molecule has 0 spiro atoms. The molecule has 0 saturated heterocycles. The minimum absolute atomic E-state index is 0.220. The second-order valence-corrected chi connectivity index (χ2v) is 7.97. The van der Waals surface area contributed by atoms with Crippen molar-refractivity contribution in [2.24, 2.45) is 0 Å². The molecule has 1 aromatic heterocycles. The molecule has 2 rings (SSSR count). The number of hydrogen-bond donors (Lipinski definition) is 0. The fourth-order valence-corrected chi connectivity index (χ4v) is 3.26.